The number of nitrogens with one attached hydrogen (secondary N) is 1. The summed E-state index contributed by atoms with van der Waals surface area (Å²) in [5.74, 6) is 0.0249. The maximum Gasteiger partial charge on any atom is 0.270 e. The van der Waals surface area contributed by atoms with Crippen LogP contribution in [0.2, 0.25) is 0 Å². The highest BCUT2D eigenvalue weighted by atomic mass is 32.1. The summed E-state index contributed by atoms with van der Waals surface area (Å²) in [4.78, 5) is 27.0. The van der Waals surface area contributed by atoms with Crippen LogP contribution in [0.1, 0.15) is 22.3 Å². The second-order valence-corrected chi connectivity index (χ2v) is 8.30. The third kappa shape index (κ3) is 4.84. The van der Waals surface area contributed by atoms with E-state index in [9.17, 15) is 9.59 Å². The summed E-state index contributed by atoms with van der Waals surface area (Å²) in [6.45, 7) is 4.53. The Kier molecular flexibility index (Phi) is 6.75. The van der Waals surface area contributed by atoms with Crippen molar-refractivity contribution in [2.75, 3.05) is 12.0 Å². The minimum absolute atomic E-state index is 0.0247. The van der Waals surface area contributed by atoms with Gasteiger partial charge in [-0.25, -0.2) is 0 Å². The van der Waals surface area contributed by atoms with Crippen LogP contribution in [0.3, 0.4) is 0 Å². The number of nitrogens with zero attached hydrogens (tertiary/aromatic N) is 1. The van der Waals surface area contributed by atoms with E-state index in [-0.39, 0.29) is 10.7 Å². The maximum absolute atomic E-state index is 13.1. The molecule has 4 rings (SSSR count). The monoisotopic (exact) mass is 472 g/mol. The van der Waals surface area contributed by atoms with Crippen LogP contribution in [0.5, 0.6) is 11.5 Å². The summed E-state index contributed by atoms with van der Waals surface area (Å²) in [6.07, 6.45) is 1.52. The molecule has 0 saturated carbocycles. The quantitative estimate of drug-likeness (QED) is 0.319. The molecule has 0 spiro atoms. The first-order valence-electron chi connectivity index (χ1n) is 10.7. The summed E-state index contributed by atoms with van der Waals surface area (Å²) in [5, 5.41) is 2.64. The van der Waals surface area contributed by atoms with E-state index in [4.69, 9.17) is 21.7 Å². The number of carbonyl (C=O) groups is 2. The average molecular weight is 473 g/mol. The summed E-state index contributed by atoms with van der Waals surface area (Å²) in [6, 6.07) is 20.4. The molecule has 0 radical (unpaired) electrons. The van der Waals surface area contributed by atoms with E-state index in [0.29, 0.717) is 29.4 Å². The van der Waals surface area contributed by atoms with E-state index in [1.54, 1.807) is 49.6 Å². The molecule has 7 heteroatoms. The lowest BCUT2D eigenvalue weighted by atomic mass is 10.1. The van der Waals surface area contributed by atoms with Gasteiger partial charge < -0.3 is 9.47 Å². The van der Waals surface area contributed by atoms with Crippen molar-refractivity contribution in [3.8, 4) is 11.5 Å². The van der Waals surface area contributed by atoms with Gasteiger partial charge in [-0.3, -0.25) is 19.8 Å². The van der Waals surface area contributed by atoms with Gasteiger partial charge in [0, 0.05) is 0 Å². The van der Waals surface area contributed by atoms with Crippen LogP contribution in [-0.4, -0.2) is 24.0 Å². The Morgan fingerprint density at radius 1 is 0.941 bits per heavy atom. The van der Waals surface area contributed by atoms with Gasteiger partial charge in [-0.1, -0.05) is 42.5 Å². The molecule has 0 atom stereocenters. The predicted molar refractivity (Wildman–Crippen MR) is 136 cm³/mol. The van der Waals surface area contributed by atoms with Crippen molar-refractivity contribution in [3.63, 3.8) is 0 Å². The van der Waals surface area contributed by atoms with Crippen molar-refractivity contribution in [2.45, 2.75) is 20.5 Å². The molecule has 3 aromatic rings. The second-order valence-electron chi connectivity index (χ2n) is 7.91. The number of ether oxygens (including phenoxy) is 2. The molecule has 1 fully saturated rings. The second kappa shape index (κ2) is 9.89. The Balaban J connectivity index is 1.58. The lowest BCUT2D eigenvalue weighted by molar-refractivity contribution is -0.122. The van der Waals surface area contributed by atoms with E-state index in [0.717, 1.165) is 5.56 Å². The summed E-state index contributed by atoms with van der Waals surface area (Å²) in [7, 11) is 1.54. The number of amides is 2. The van der Waals surface area contributed by atoms with Gasteiger partial charge in [0.1, 0.15) is 12.2 Å². The number of rotatable bonds is 6. The Morgan fingerprint density at radius 2 is 1.71 bits per heavy atom. The zero-order chi connectivity index (χ0) is 24.2. The fourth-order valence-corrected chi connectivity index (χ4v) is 3.86. The van der Waals surface area contributed by atoms with Crippen molar-refractivity contribution < 1.29 is 19.1 Å². The van der Waals surface area contributed by atoms with Crippen molar-refractivity contribution in [2.24, 2.45) is 0 Å². The molecule has 1 aliphatic heterocycles. The fraction of sp³-hybridized carbons (Fsp3) is 0.148. The van der Waals surface area contributed by atoms with Crippen LogP contribution in [-0.2, 0) is 16.2 Å². The number of carbonyl (C=O) groups excluding carboxylic acids is 2. The first-order chi connectivity index (χ1) is 16.4. The highest BCUT2D eigenvalue weighted by molar-refractivity contribution is 7.80. The minimum Gasteiger partial charge on any atom is -0.493 e. The minimum atomic E-state index is -0.545. The molecular weight excluding hydrogens is 448 g/mol. The molecule has 0 unspecified atom stereocenters. The number of anilines is 1. The first kappa shape index (κ1) is 23.2. The smallest absolute Gasteiger partial charge is 0.270 e. The van der Waals surface area contributed by atoms with Crippen molar-refractivity contribution in [3.05, 3.63) is 94.6 Å². The molecule has 1 aliphatic rings. The number of aryl methyl sites for hydroxylation is 2. The number of hydrogen-bond donors (Lipinski definition) is 1. The van der Waals surface area contributed by atoms with E-state index < -0.39 is 11.8 Å². The number of thiocarbonyl (C=S) groups is 1. The summed E-state index contributed by atoms with van der Waals surface area (Å²) in [5.41, 5.74) is 4.66. The van der Waals surface area contributed by atoms with E-state index >= 15 is 0 Å². The third-order valence-electron chi connectivity index (χ3n) is 5.58. The van der Waals surface area contributed by atoms with Gasteiger partial charge in [0.25, 0.3) is 11.8 Å². The Labute approximate surface area is 203 Å². The highest BCUT2D eigenvalue weighted by Gasteiger charge is 2.34. The molecule has 6 nitrogen and oxygen atoms in total. The largest absolute Gasteiger partial charge is 0.493 e. The first-order valence-corrected chi connectivity index (χ1v) is 11.1. The molecule has 0 aromatic heterocycles. The molecule has 34 heavy (non-hydrogen) atoms. The SMILES string of the molecule is COc1cc(/C=C2/C(=O)NC(=S)N(c3ccccc3)C2=O)ccc1OCc1ccc(C)c(C)c1. The summed E-state index contributed by atoms with van der Waals surface area (Å²) >= 11 is 5.23. The zero-order valence-corrected chi connectivity index (χ0v) is 19.9. The van der Waals surface area contributed by atoms with Gasteiger partial charge in [-0.05, 0) is 78.7 Å². The van der Waals surface area contributed by atoms with Crippen LogP contribution < -0.4 is 19.7 Å². The lowest BCUT2D eigenvalue weighted by Gasteiger charge is -2.28. The zero-order valence-electron chi connectivity index (χ0n) is 19.1. The number of para-hydroxylation sites is 1. The molecule has 1 N–H and O–H groups in total. The van der Waals surface area contributed by atoms with Gasteiger partial charge in [0.05, 0.1) is 12.8 Å². The molecule has 1 saturated heterocycles. The van der Waals surface area contributed by atoms with E-state index in [1.807, 2.05) is 12.1 Å². The van der Waals surface area contributed by atoms with Gasteiger partial charge in [-0.15, -0.1) is 0 Å². The molecular formula is C27H24N2O4S. The van der Waals surface area contributed by atoms with Crippen molar-refractivity contribution in [1.29, 1.82) is 0 Å². The van der Waals surface area contributed by atoms with Crippen LogP contribution in [0.4, 0.5) is 5.69 Å². The number of benzene rings is 3. The number of hydrogen-bond acceptors (Lipinski definition) is 5. The standard InChI is InChI=1S/C27H24N2O4S/c1-17-9-10-20(13-18(17)2)16-33-23-12-11-19(15-24(23)32-3)14-22-25(30)28-27(34)29(26(22)31)21-7-5-4-6-8-21/h4-15H,16H2,1-3H3,(H,28,30,34)/b22-14-. The topological polar surface area (TPSA) is 67.9 Å². The summed E-state index contributed by atoms with van der Waals surface area (Å²) < 4.78 is 11.5. The third-order valence-corrected chi connectivity index (χ3v) is 5.87. The maximum atomic E-state index is 13.1. The molecule has 1 heterocycles. The Bertz CT molecular complexity index is 1300. The molecule has 0 bridgehead atoms. The molecule has 3 aromatic carbocycles. The van der Waals surface area contributed by atoms with Crippen molar-refractivity contribution in [1.82, 2.24) is 5.32 Å². The van der Waals surface area contributed by atoms with Gasteiger partial charge in [0.2, 0.25) is 0 Å². The van der Waals surface area contributed by atoms with Crippen molar-refractivity contribution >= 4 is 40.9 Å². The Hall–Kier alpha value is -3.97. The van der Waals surface area contributed by atoms with Gasteiger partial charge >= 0.3 is 0 Å². The van der Waals surface area contributed by atoms with E-state index in [2.05, 4.69) is 31.3 Å². The Morgan fingerprint density at radius 3 is 2.41 bits per heavy atom. The number of methoxy groups -OCH3 is 1. The molecule has 0 aliphatic carbocycles. The van der Waals surface area contributed by atoms with Crippen LogP contribution in [0.15, 0.2) is 72.3 Å². The molecule has 2 amide bonds. The van der Waals surface area contributed by atoms with E-state index in [1.165, 1.54) is 22.1 Å². The predicted octanol–water partition coefficient (Wildman–Crippen LogP) is 4.72. The molecule has 172 valence electrons. The van der Waals surface area contributed by atoms with Crippen LogP contribution >= 0.6 is 12.2 Å². The normalized spacial score (nSPS) is 14.9. The average Bonchev–Trinajstić information content (AvgIpc) is 2.83. The highest BCUT2D eigenvalue weighted by Crippen LogP contribution is 2.30. The van der Waals surface area contributed by atoms with Crippen LogP contribution in [0, 0.1) is 13.8 Å². The fourth-order valence-electron chi connectivity index (χ4n) is 3.58. The lowest BCUT2D eigenvalue weighted by Crippen LogP contribution is -2.54. The van der Waals surface area contributed by atoms with Gasteiger partial charge in [0.15, 0.2) is 16.6 Å². The van der Waals surface area contributed by atoms with Gasteiger partial charge in [-0.2, -0.15) is 0 Å². The van der Waals surface area contributed by atoms with Crippen LogP contribution in [0.25, 0.3) is 6.08 Å².